The topological polar surface area (TPSA) is 84.9 Å². The summed E-state index contributed by atoms with van der Waals surface area (Å²) in [5.41, 5.74) is -0.992. The van der Waals surface area contributed by atoms with Crippen molar-refractivity contribution < 1.29 is 28.2 Å². The number of amides is 3. The Hall–Kier alpha value is -2.74. The van der Waals surface area contributed by atoms with Crippen molar-refractivity contribution in [1.82, 2.24) is 10.2 Å². The lowest BCUT2D eigenvalue weighted by molar-refractivity contribution is -0.152. The number of nitrogens with zero attached hydrogens (tertiary/aromatic N) is 1. The van der Waals surface area contributed by atoms with Gasteiger partial charge in [-0.2, -0.15) is 0 Å². The smallest absolute Gasteiger partial charge is 0.334 e. The Bertz CT molecular complexity index is 925. The summed E-state index contributed by atoms with van der Waals surface area (Å²) in [6.45, 7) is 0.475. The summed E-state index contributed by atoms with van der Waals surface area (Å²) in [5.74, 6) is -3.49. The lowest BCUT2D eigenvalue weighted by Crippen LogP contribution is -2.75. The van der Waals surface area contributed by atoms with Crippen molar-refractivity contribution in [3.8, 4) is 0 Å². The molecule has 3 amide bonds. The molecule has 0 spiro atoms. The van der Waals surface area contributed by atoms with Gasteiger partial charge in [0.05, 0.1) is 19.1 Å². The molecule has 1 aromatic rings. The minimum Gasteiger partial charge on any atom is -0.466 e. The Morgan fingerprint density at radius 2 is 2.07 bits per heavy atom. The molecule has 28 heavy (non-hydrogen) atoms. The van der Waals surface area contributed by atoms with Gasteiger partial charge in [-0.05, 0) is 24.0 Å². The van der Waals surface area contributed by atoms with Crippen LogP contribution in [0.5, 0.6) is 0 Å². The first kappa shape index (κ1) is 17.4. The zero-order valence-electron chi connectivity index (χ0n) is 15.2. The molecule has 1 aromatic carbocycles. The van der Waals surface area contributed by atoms with E-state index in [1.54, 1.807) is 18.2 Å². The minimum atomic E-state index is -2.49. The predicted octanol–water partition coefficient (Wildman–Crippen LogP) is 1.75. The molecule has 0 aromatic heterocycles. The van der Waals surface area contributed by atoms with Gasteiger partial charge in [0.2, 0.25) is 5.67 Å². The van der Waals surface area contributed by atoms with Crippen LogP contribution in [-0.4, -0.2) is 54.5 Å². The number of urea groups is 1. The zero-order valence-corrected chi connectivity index (χ0v) is 15.2. The molecule has 7 nitrogen and oxygen atoms in total. The van der Waals surface area contributed by atoms with Crippen molar-refractivity contribution >= 4 is 17.9 Å². The van der Waals surface area contributed by atoms with Crippen molar-refractivity contribution in [3.05, 3.63) is 47.0 Å². The minimum absolute atomic E-state index is 0.113. The van der Waals surface area contributed by atoms with Crippen molar-refractivity contribution in [1.29, 1.82) is 0 Å². The monoisotopic (exact) mass is 386 g/mol. The number of hydrogen-bond donors (Lipinski definition) is 1. The lowest BCUT2D eigenvalue weighted by atomic mass is 9.56. The number of ether oxygens (including phenoxy) is 2. The number of benzene rings is 1. The van der Waals surface area contributed by atoms with Crippen LogP contribution in [0.25, 0.3) is 0 Å². The number of carbonyl (C=O) groups excluding carboxylic acids is 3. The van der Waals surface area contributed by atoms with Crippen LogP contribution in [0.2, 0.25) is 0 Å². The summed E-state index contributed by atoms with van der Waals surface area (Å²) >= 11 is 0. The average molecular weight is 386 g/mol. The van der Waals surface area contributed by atoms with Gasteiger partial charge in [-0.3, -0.25) is 15.0 Å². The maximum atomic E-state index is 16.7. The zero-order chi connectivity index (χ0) is 19.6. The highest BCUT2D eigenvalue weighted by atomic mass is 19.1. The average Bonchev–Trinajstić information content (AvgIpc) is 3.22. The van der Waals surface area contributed by atoms with Gasteiger partial charge in [-0.1, -0.05) is 30.3 Å². The van der Waals surface area contributed by atoms with E-state index in [4.69, 9.17) is 9.47 Å². The summed E-state index contributed by atoms with van der Waals surface area (Å²) < 4.78 is 27.2. The Labute approximate surface area is 160 Å². The Morgan fingerprint density at radius 3 is 2.75 bits per heavy atom. The van der Waals surface area contributed by atoms with Gasteiger partial charge < -0.3 is 9.47 Å². The third-order valence-electron chi connectivity index (χ3n) is 6.27. The van der Waals surface area contributed by atoms with Crippen LogP contribution in [0.15, 0.2) is 35.9 Å². The Kier molecular flexibility index (Phi) is 3.64. The van der Waals surface area contributed by atoms with Crippen LogP contribution in [0, 0.1) is 0 Å². The normalized spacial score (nSPS) is 35.8. The second-order valence-electron chi connectivity index (χ2n) is 7.55. The number of imide groups is 1. The van der Waals surface area contributed by atoms with Crippen molar-refractivity contribution in [3.63, 3.8) is 0 Å². The molecule has 0 saturated carbocycles. The van der Waals surface area contributed by atoms with E-state index in [1.165, 1.54) is 12.0 Å². The van der Waals surface area contributed by atoms with E-state index in [-0.39, 0.29) is 5.57 Å². The molecule has 0 unspecified atom stereocenters. The maximum absolute atomic E-state index is 16.7. The molecule has 6 rings (SSSR count). The largest absolute Gasteiger partial charge is 0.466 e. The molecule has 5 atom stereocenters. The molecular formula is C20H19FN2O5. The molecule has 2 saturated heterocycles. The molecule has 3 aliphatic carbocycles. The van der Waals surface area contributed by atoms with E-state index in [2.05, 4.69) is 5.32 Å². The maximum Gasteiger partial charge on any atom is 0.334 e. The molecule has 2 fully saturated rings. The highest BCUT2D eigenvalue weighted by molar-refractivity contribution is 6.06. The summed E-state index contributed by atoms with van der Waals surface area (Å²) in [6, 6.07) is 5.41. The fraction of sp³-hybridized carbons (Fsp3) is 0.450. The second-order valence-corrected chi connectivity index (χ2v) is 7.55. The van der Waals surface area contributed by atoms with Crippen molar-refractivity contribution in [2.45, 2.75) is 42.6 Å². The molecule has 1 N–H and O–H groups in total. The van der Waals surface area contributed by atoms with Crippen LogP contribution in [0.3, 0.4) is 0 Å². The Balaban J connectivity index is 1.74. The van der Waals surface area contributed by atoms with Gasteiger partial charge >= 0.3 is 12.0 Å². The van der Waals surface area contributed by atoms with E-state index in [0.717, 1.165) is 12.0 Å². The van der Waals surface area contributed by atoms with E-state index in [1.807, 2.05) is 12.1 Å². The standard InChI is InChI=1S/C20H19FN2O5/c1-27-17(24)13-9-12-10-5-2-3-6-11(10)15(13)20(21)16(12)23(14-7-4-8-28-14)19(26)22-18(20)25/h2-3,5-6,9,12,14-16H,4,7-8H2,1H3,(H,22,25,26)/t12-,14+,15-,16+,20+/m0/s1. The molecule has 2 aliphatic heterocycles. The summed E-state index contributed by atoms with van der Waals surface area (Å²) in [7, 11) is 1.23. The fourth-order valence-electron chi connectivity index (χ4n) is 5.19. The van der Waals surface area contributed by atoms with E-state index < -0.39 is 47.7 Å². The number of methoxy groups -OCH3 is 1. The first-order chi connectivity index (χ1) is 13.5. The molecule has 8 heteroatoms. The summed E-state index contributed by atoms with van der Waals surface area (Å²) in [5, 5.41) is 2.15. The molecule has 146 valence electrons. The number of nitrogens with one attached hydrogen (secondary N) is 1. The molecule has 2 bridgehead atoms. The van der Waals surface area contributed by atoms with E-state index >= 15 is 4.39 Å². The highest BCUT2D eigenvalue weighted by Crippen LogP contribution is 2.58. The van der Waals surface area contributed by atoms with Gasteiger partial charge in [0.1, 0.15) is 6.23 Å². The number of halogens is 1. The predicted molar refractivity (Wildman–Crippen MR) is 94.0 cm³/mol. The number of alkyl halides is 1. The van der Waals surface area contributed by atoms with Crippen LogP contribution >= 0.6 is 0 Å². The summed E-state index contributed by atoms with van der Waals surface area (Å²) in [4.78, 5) is 39.2. The highest BCUT2D eigenvalue weighted by Gasteiger charge is 2.69. The van der Waals surface area contributed by atoms with Crippen LogP contribution in [-0.2, 0) is 19.1 Å². The first-order valence-electron chi connectivity index (χ1n) is 9.31. The van der Waals surface area contributed by atoms with Crippen LogP contribution in [0.4, 0.5) is 9.18 Å². The second kappa shape index (κ2) is 5.88. The third kappa shape index (κ3) is 2.03. The molecule has 0 radical (unpaired) electrons. The van der Waals surface area contributed by atoms with Crippen LogP contribution in [0.1, 0.15) is 35.8 Å². The fourth-order valence-corrected chi connectivity index (χ4v) is 5.19. The summed E-state index contributed by atoms with van der Waals surface area (Å²) in [6.07, 6.45) is 2.37. The Morgan fingerprint density at radius 1 is 1.32 bits per heavy atom. The first-order valence-corrected chi connectivity index (χ1v) is 9.31. The van der Waals surface area contributed by atoms with Crippen LogP contribution < -0.4 is 5.32 Å². The number of carbonyl (C=O) groups is 3. The number of rotatable bonds is 2. The molecule has 5 aliphatic rings. The van der Waals surface area contributed by atoms with Gasteiger partial charge in [0.15, 0.2) is 0 Å². The van der Waals surface area contributed by atoms with E-state index in [9.17, 15) is 14.4 Å². The van der Waals surface area contributed by atoms with Crippen molar-refractivity contribution in [2.24, 2.45) is 0 Å². The van der Waals surface area contributed by atoms with Gasteiger partial charge in [-0.25, -0.2) is 14.0 Å². The quantitative estimate of drug-likeness (QED) is 0.783. The van der Waals surface area contributed by atoms with Crippen molar-refractivity contribution in [2.75, 3.05) is 13.7 Å². The van der Waals surface area contributed by atoms with Gasteiger partial charge in [-0.15, -0.1) is 0 Å². The van der Waals surface area contributed by atoms with Gasteiger partial charge in [0, 0.05) is 18.1 Å². The van der Waals surface area contributed by atoms with Gasteiger partial charge in [0.25, 0.3) is 5.91 Å². The SMILES string of the molecule is COC(=O)C1=C[C@H]2c3ccccc3[C@@H]1[C@]1(F)C(=O)NC(=O)N([C@H]3CCCO3)[C@H]21. The van der Waals surface area contributed by atoms with E-state index in [0.29, 0.717) is 18.6 Å². The number of hydrogen-bond acceptors (Lipinski definition) is 5. The lowest BCUT2D eigenvalue weighted by Gasteiger charge is -2.56. The third-order valence-corrected chi connectivity index (χ3v) is 6.27. The molecule has 2 heterocycles. The molecular weight excluding hydrogens is 367 g/mol. The number of esters is 1.